The number of ether oxygens (including phenoxy) is 2. The van der Waals surface area contributed by atoms with Gasteiger partial charge in [-0.05, 0) is 37.5 Å². The molecular formula is C19H30N4O2. The molecule has 2 aliphatic rings. The lowest BCUT2D eigenvalue weighted by molar-refractivity contribution is 0.114. The second-order valence-corrected chi connectivity index (χ2v) is 6.48. The first-order chi connectivity index (χ1) is 12.3. The summed E-state index contributed by atoms with van der Waals surface area (Å²) in [6.45, 7) is 8.88. The molecule has 2 aliphatic heterocycles. The normalized spacial score (nSPS) is 21.4. The van der Waals surface area contributed by atoms with Crippen LogP contribution in [0, 0.1) is 0 Å². The Labute approximate surface area is 150 Å². The number of benzene rings is 1. The Bertz CT molecular complexity index is 535. The molecule has 2 N–H and O–H groups in total. The Kier molecular flexibility index (Phi) is 6.94. The Balaban J connectivity index is 1.52. The Morgan fingerprint density at radius 3 is 2.64 bits per heavy atom. The average molecular weight is 346 g/mol. The molecule has 0 aliphatic carbocycles. The van der Waals surface area contributed by atoms with Crippen molar-refractivity contribution in [2.45, 2.75) is 32.4 Å². The molecule has 6 heteroatoms. The molecule has 0 radical (unpaired) electrons. The van der Waals surface area contributed by atoms with Gasteiger partial charge in [-0.2, -0.15) is 0 Å². The third kappa shape index (κ3) is 5.61. The van der Waals surface area contributed by atoms with Gasteiger partial charge in [-0.1, -0.05) is 12.1 Å². The monoisotopic (exact) mass is 346 g/mol. The van der Waals surface area contributed by atoms with Crippen LogP contribution in [0.4, 0.5) is 5.69 Å². The van der Waals surface area contributed by atoms with Gasteiger partial charge in [-0.15, -0.1) is 0 Å². The third-order valence-electron chi connectivity index (χ3n) is 4.60. The van der Waals surface area contributed by atoms with E-state index in [1.54, 1.807) is 0 Å². The van der Waals surface area contributed by atoms with E-state index in [4.69, 9.17) is 14.5 Å². The largest absolute Gasteiger partial charge is 0.378 e. The standard InChI is InChI=1S/C19H30N4O2/c1-2-20-19(22-15-18-4-3-11-25-18)21-14-16-5-7-17(8-6-16)23-9-12-24-13-10-23/h5-8,18H,2-4,9-15H2,1H3,(H2,20,21,22). The number of hydrogen-bond donors (Lipinski definition) is 2. The molecule has 2 heterocycles. The second-order valence-electron chi connectivity index (χ2n) is 6.48. The van der Waals surface area contributed by atoms with Crippen LogP contribution in [0.2, 0.25) is 0 Å². The van der Waals surface area contributed by atoms with E-state index < -0.39 is 0 Å². The minimum atomic E-state index is 0.316. The molecule has 0 amide bonds. The molecule has 3 rings (SSSR count). The van der Waals surface area contributed by atoms with Gasteiger partial charge < -0.3 is 25.0 Å². The van der Waals surface area contributed by atoms with E-state index >= 15 is 0 Å². The Hall–Kier alpha value is -1.79. The van der Waals surface area contributed by atoms with Crippen molar-refractivity contribution >= 4 is 11.6 Å². The molecule has 1 aromatic carbocycles. The summed E-state index contributed by atoms with van der Waals surface area (Å²) in [5.74, 6) is 0.857. The minimum absolute atomic E-state index is 0.316. The van der Waals surface area contributed by atoms with Crippen LogP contribution >= 0.6 is 0 Å². The van der Waals surface area contributed by atoms with Crippen LogP contribution in [-0.4, -0.2) is 58.1 Å². The van der Waals surface area contributed by atoms with Gasteiger partial charge in [-0.3, -0.25) is 0 Å². The molecule has 1 unspecified atom stereocenters. The number of nitrogens with zero attached hydrogens (tertiary/aromatic N) is 2. The molecule has 2 saturated heterocycles. The fraction of sp³-hybridized carbons (Fsp3) is 0.632. The van der Waals surface area contributed by atoms with Crippen LogP contribution in [0.5, 0.6) is 0 Å². The van der Waals surface area contributed by atoms with Crippen LogP contribution < -0.4 is 15.5 Å². The van der Waals surface area contributed by atoms with Crippen molar-refractivity contribution in [2.24, 2.45) is 4.99 Å². The highest BCUT2D eigenvalue weighted by atomic mass is 16.5. The highest BCUT2D eigenvalue weighted by Crippen LogP contribution is 2.17. The van der Waals surface area contributed by atoms with Crippen LogP contribution in [0.15, 0.2) is 29.3 Å². The molecule has 0 aromatic heterocycles. The summed E-state index contributed by atoms with van der Waals surface area (Å²) >= 11 is 0. The molecule has 1 atom stereocenters. The highest BCUT2D eigenvalue weighted by molar-refractivity contribution is 5.79. The van der Waals surface area contributed by atoms with E-state index in [-0.39, 0.29) is 0 Å². The summed E-state index contributed by atoms with van der Waals surface area (Å²) in [5.41, 5.74) is 2.48. The predicted molar refractivity (Wildman–Crippen MR) is 101 cm³/mol. The number of guanidine groups is 1. The van der Waals surface area contributed by atoms with Crippen molar-refractivity contribution in [1.29, 1.82) is 0 Å². The maximum atomic E-state index is 5.66. The van der Waals surface area contributed by atoms with Crippen molar-refractivity contribution in [3.63, 3.8) is 0 Å². The van der Waals surface area contributed by atoms with E-state index in [1.165, 1.54) is 11.3 Å². The maximum absolute atomic E-state index is 5.66. The predicted octanol–water partition coefficient (Wildman–Crippen LogP) is 1.76. The van der Waals surface area contributed by atoms with Gasteiger partial charge in [0.1, 0.15) is 0 Å². The summed E-state index contributed by atoms with van der Waals surface area (Å²) in [6, 6.07) is 8.70. The second kappa shape index (κ2) is 9.63. The zero-order valence-electron chi connectivity index (χ0n) is 15.2. The number of rotatable bonds is 6. The summed E-state index contributed by atoms with van der Waals surface area (Å²) < 4.78 is 11.1. The number of hydrogen-bond acceptors (Lipinski definition) is 4. The van der Waals surface area contributed by atoms with E-state index in [0.717, 1.165) is 64.8 Å². The molecule has 0 saturated carbocycles. The molecule has 25 heavy (non-hydrogen) atoms. The van der Waals surface area contributed by atoms with Gasteiger partial charge in [0.05, 0.1) is 25.9 Å². The van der Waals surface area contributed by atoms with Gasteiger partial charge in [0.25, 0.3) is 0 Å². The molecule has 2 fully saturated rings. The van der Waals surface area contributed by atoms with Gasteiger partial charge in [0, 0.05) is 38.5 Å². The molecule has 0 bridgehead atoms. The highest BCUT2D eigenvalue weighted by Gasteiger charge is 2.15. The van der Waals surface area contributed by atoms with Crippen molar-refractivity contribution in [3.8, 4) is 0 Å². The van der Waals surface area contributed by atoms with Gasteiger partial charge >= 0.3 is 0 Å². The minimum Gasteiger partial charge on any atom is -0.378 e. The van der Waals surface area contributed by atoms with Crippen molar-refractivity contribution in [1.82, 2.24) is 10.6 Å². The lowest BCUT2D eigenvalue weighted by atomic mass is 10.2. The zero-order chi connectivity index (χ0) is 17.3. The number of nitrogens with one attached hydrogen (secondary N) is 2. The number of aliphatic imine (C=N–C) groups is 1. The SMILES string of the molecule is CCNC(=NCc1ccc(N2CCOCC2)cc1)NCC1CCCO1. The molecule has 6 nitrogen and oxygen atoms in total. The Morgan fingerprint density at radius 1 is 1.16 bits per heavy atom. The van der Waals surface area contributed by atoms with E-state index in [9.17, 15) is 0 Å². The van der Waals surface area contributed by atoms with Crippen molar-refractivity contribution in [2.75, 3.05) is 50.9 Å². The van der Waals surface area contributed by atoms with Crippen LogP contribution in [0.25, 0.3) is 0 Å². The maximum Gasteiger partial charge on any atom is 0.191 e. The Morgan fingerprint density at radius 2 is 1.96 bits per heavy atom. The summed E-state index contributed by atoms with van der Waals surface area (Å²) in [4.78, 5) is 7.06. The van der Waals surface area contributed by atoms with Crippen LogP contribution in [-0.2, 0) is 16.0 Å². The first-order valence-corrected chi connectivity index (χ1v) is 9.40. The first kappa shape index (κ1) is 18.0. The quantitative estimate of drug-likeness (QED) is 0.607. The lowest BCUT2D eigenvalue weighted by Crippen LogP contribution is -2.41. The number of anilines is 1. The van der Waals surface area contributed by atoms with Gasteiger partial charge in [-0.25, -0.2) is 4.99 Å². The topological polar surface area (TPSA) is 58.1 Å². The molecule has 0 spiro atoms. The third-order valence-corrected chi connectivity index (χ3v) is 4.60. The van der Waals surface area contributed by atoms with Crippen LogP contribution in [0.1, 0.15) is 25.3 Å². The van der Waals surface area contributed by atoms with Gasteiger partial charge in [0.15, 0.2) is 5.96 Å². The smallest absolute Gasteiger partial charge is 0.191 e. The van der Waals surface area contributed by atoms with Crippen molar-refractivity contribution in [3.05, 3.63) is 29.8 Å². The molecule has 138 valence electrons. The van der Waals surface area contributed by atoms with E-state index in [2.05, 4.69) is 46.7 Å². The first-order valence-electron chi connectivity index (χ1n) is 9.40. The molecular weight excluding hydrogens is 316 g/mol. The average Bonchev–Trinajstić information content (AvgIpc) is 3.19. The fourth-order valence-corrected chi connectivity index (χ4v) is 3.16. The fourth-order valence-electron chi connectivity index (χ4n) is 3.16. The molecule has 1 aromatic rings. The van der Waals surface area contributed by atoms with E-state index in [1.807, 2.05) is 0 Å². The van der Waals surface area contributed by atoms with Gasteiger partial charge in [0.2, 0.25) is 0 Å². The van der Waals surface area contributed by atoms with Crippen LogP contribution in [0.3, 0.4) is 0 Å². The zero-order valence-corrected chi connectivity index (χ0v) is 15.2. The summed E-state index contributed by atoms with van der Waals surface area (Å²) in [5, 5.41) is 6.69. The summed E-state index contributed by atoms with van der Waals surface area (Å²) in [6.07, 6.45) is 2.61. The summed E-state index contributed by atoms with van der Waals surface area (Å²) in [7, 11) is 0. The number of morpholine rings is 1. The van der Waals surface area contributed by atoms with Crippen molar-refractivity contribution < 1.29 is 9.47 Å². The lowest BCUT2D eigenvalue weighted by Gasteiger charge is -2.28. The van der Waals surface area contributed by atoms with E-state index in [0.29, 0.717) is 12.6 Å².